The Kier molecular flexibility index (Phi) is 4.00. The maximum atomic E-state index is 14.1. The van der Waals surface area contributed by atoms with Crippen molar-refractivity contribution in [3.8, 4) is 11.3 Å². The van der Waals surface area contributed by atoms with Gasteiger partial charge in [-0.1, -0.05) is 0 Å². The Morgan fingerprint density at radius 1 is 1.31 bits per heavy atom. The summed E-state index contributed by atoms with van der Waals surface area (Å²) in [6, 6.07) is 5.80. The van der Waals surface area contributed by atoms with Crippen molar-refractivity contribution in [3.05, 3.63) is 46.4 Å². The van der Waals surface area contributed by atoms with Crippen LogP contribution in [0.3, 0.4) is 0 Å². The number of fused-ring (bicyclic) bond motifs is 1. The Labute approximate surface area is 148 Å². The number of anilines is 1. The number of piperidine rings is 1. The zero-order valence-corrected chi connectivity index (χ0v) is 13.9. The fourth-order valence-electron chi connectivity index (χ4n) is 3.45. The zero-order valence-electron chi connectivity index (χ0n) is 13.9. The van der Waals surface area contributed by atoms with E-state index in [1.807, 2.05) is 10.7 Å². The van der Waals surface area contributed by atoms with Gasteiger partial charge in [0.1, 0.15) is 11.5 Å². The molecule has 0 amide bonds. The molecule has 0 bridgehead atoms. The molecule has 1 saturated heterocycles. The molecule has 0 atom stereocenters. The maximum absolute atomic E-state index is 14.1. The van der Waals surface area contributed by atoms with Crippen LogP contribution in [0.2, 0.25) is 0 Å². The van der Waals surface area contributed by atoms with Crippen LogP contribution >= 0.6 is 0 Å². The van der Waals surface area contributed by atoms with Crippen LogP contribution in [0.4, 0.5) is 15.9 Å². The minimum Gasteiger partial charge on any atom is -0.383 e. The van der Waals surface area contributed by atoms with Crippen LogP contribution in [0, 0.1) is 15.9 Å². The molecule has 0 unspecified atom stereocenters. The van der Waals surface area contributed by atoms with Gasteiger partial charge < -0.3 is 11.1 Å². The van der Waals surface area contributed by atoms with Gasteiger partial charge >= 0.3 is 5.69 Å². The number of nitrogens with one attached hydrogen (secondary N) is 1. The number of nitrogens with two attached hydrogens (primary N) is 1. The molecule has 0 saturated carbocycles. The molecule has 0 spiro atoms. The third-order valence-corrected chi connectivity index (χ3v) is 4.72. The van der Waals surface area contributed by atoms with E-state index >= 15 is 0 Å². The number of pyridine rings is 1. The van der Waals surface area contributed by atoms with Gasteiger partial charge in [0.25, 0.3) is 0 Å². The van der Waals surface area contributed by atoms with Gasteiger partial charge in [0, 0.05) is 17.8 Å². The number of nitro benzene ring substituents is 1. The second-order valence-corrected chi connectivity index (χ2v) is 6.29. The first-order valence-electron chi connectivity index (χ1n) is 8.34. The summed E-state index contributed by atoms with van der Waals surface area (Å²) < 4.78 is 16.0. The van der Waals surface area contributed by atoms with Crippen molar-refractivity contribution in [1.82, 2.24) is 20.1 Å². The molecule has 0 aliphatic carbocycles. The summed E-state index contributed by atoms with van der Waals surface area (Å²) in [6.45, 7) is 1.79. The second kappa shape index (κ2) is 6.34. The smallest absolute Gasteiger partial charge is 0.304 e. The lowest BCUT2D eigenvalue weighted by atomic mass is 10.1. The molecule has 4 rings (SSSR count). The molecular weight excluding hydrogens is 339 g/mol. The third-order valence-electron chi connectivity index (χ3n) is 4.72. The lowest BCUT2D eigenvalue weighted by Crippen LogP contribution is -2.29. The monoisotopic (exact) mass is 356 g/mol. The van der Waals surface area contributed by atoms with E-state index in [2.05, 4.69) is 10.3 Å². The number of halogens is 1. The van der Waals surface area contributed by atoms with Crippen LogP contribution in [-0.4, -0.2) is 32.8 Å². The molecule has 134 valence electrons. The SMILES string of the molecule is Nc1nccc2c1c(-c1ccc([N+](=O)[O-])c(F)c1)nn2C1CCNCC1. The Morgan fingerprint density at radius 2 is 2.08 bits per heavy atom. The maximum Gasteiger partial charge on any atom is 0.304 e. The third kappa shape index (κ3) is 2.66. The van der Waals surface area contributed by atoms with E-state index in [1.165, 1.54) is 6.07 Å². The molecule has 3 heterocycles. The molecule has 9 heteroatoms. The van der Waals surface area contributed by atoms with Gasteiger partial charge in [0.2, 0.25) is 5.82 Å². The van der Waals surface area contributed by atoms with Crippen molar-refractivity contribution < 1.29 is 9.31 Å². The Balaban J connectivity index is 1.90. The number of rotatable bonds is 3. The van der Waals surface area contributed by atoms with E-state index in [9.17, 15) is 14.5 Å². The summed E-state index contributed by atoms with van der Waals surface area (Å²) in [4.78, 5) is 14.2. The molecular formula is C17H17FN6O2. The summed E-state index contributed by atoms with van der Waals surface area (Å²) in [6.07, 6.45) is 3.47. The van der Waals surface area contributed by atoms with Crippen molar-refractivity contribution in [2.45, 2.75) is 18.9 Å². The first kappa shape index (κ1) is 16.4. The lowest BCUT2D eigenvalue weighted by molar-refractivity contribution is -0.387. The highest BCUT2D eigenvalue weighted by Gasteiger charge is 2.23. The van der Waals surface area contributed by atoms with Gasteiger partial charge in [0.15, 0.2) is 0 Å². The second-order valence-electron chi connectivity index (χ2n) is 6.29. The summed E-state index contributed by atoms with van der Waals surface area (Å²) in [5.74, 6) is -0.601. The van der Waals surface area contributed by atoms with Crippen molar-refractivity contribution in [2.24, 2.45) is 0 Å². The molecule has 8 nitrogen and oxygen atoms in total. The quantitative estimate of drug-likeness (QED) is 0.551. The number of hydrogen-bond donors (Lipinski definition) is 2. The van der Waals surface area contributed by atoms with Gasteiger partial charge in [-0.2, -0.15) is 9.49 Å². The van der Waals surface area contributed by atoms with Crippen molar-refractivity contribution in [1.29, 1.82) is 0 Å². The lowest BCUT2D eigenvalue weighted by Gasteiger charge is -2.23. The summed E-state index contributed by atoms with van der Waals surface area (Å²) in [5, 5.41) is 19.5. The topological polar surface area (TPSA) is 112 Å². The van der Waals surface area contributed by atoms with Crippen molar-refractivity contribution >= 4 is 22.4 Å². The molecule has 2 aromatic heterocycles. The molecule has 1 aromatic carbocycles. The first-order valence-corrected chi connectivity index (χ1v) is 8.34. The largest absolute Gasteiger partial charge is 0.383 e. The normalized spacial score (nSPS) is 15.4. The zero-order chi connectivity index (χ0) is 18.3. The molecule has 3 aromatic rings. The Morgan fingerprint density at radius 3 is 2.77 bits per heavy atom. The van der Waals surface area contributed by atoms with Gasteiger partial charge in [-0.05, 0) is 44.1 Å². The molecule has 3 N–H and O–H groups in total. The summed E-state index contributed by atoms with van der Waals surface area (Å²) in [7, 11) is 0. The van der Waals surface area contributed by atoms with Crippen LogP contribution in [-0.2, 0) is 0 Å². The number of nitro groups is 1. The molecule has 1 aliphatic rings. The van der Waals surface area contributed by atoms with Crippen LogP contribution in [0.1, 0.15) is 18.9 Å². The van der Waals surface area contributed by atoms with Gasteiger partial charge in [-0.3, -0.25) is 14.8 Å². The van der Waals surface area contributed by atoms with E-state index in [0.29, 0.717) is 22.5 Å². The van der Waals surface area contributed by atoms with E-state index in [-0.39, 0.29) is 6.04 Å². The highest BCUT2D eigenvalue weighted by Crippen LogP contribution is 2.35. The summed E-state index contributed by atoms with van der Waals surface area (Å²) >= 11 is 0. The molecule has 26 heavy (non-hydrogen) atoms. The average Bonchev–Trinajstić information content (AvgIpc) is 3.03. The fourth-order valence-corrected chi connectivity index (χ4v) is 3.45. The number of nitrogens with zero attached hydrogens (tertiary/aromatic N) is 4. The average molecular weight is 356 g/mol. The predicted molar refractivity (Wildman–Crippen MR) is 95.1 cm³/mol. The molecule has 1 fully saturated rings. The minimum atomic E-state index is -0.903. The van der Waals surface area contributed by atoms with Crippen LogP contribution in [0.5, 0.6) is 0 Å². The predicted octanol–water partition coefficient (Wildman–Crippen LogP) is 2.65. The fraction of sp³-hybridized carbons (Fsp3) is 0.294. The minimum absolute atomic E-state index is 0.206. The number of benzene rings is 1. The standard InChI is InChI=1S/C17H17FN6O2/c18-12-9-10(1-2-13(12)24(25)26)16-15-14(5-8-21-17(15)19)23(22-16)11-3-6-20-7-4-11/h1-2,5,8-9,11,20H,3-4,6-7H2,(H2,19,21). The van der Waals surface area contributed by atoms with E-state index in [1.54, 1.807) is 6.20 Å². The van der Waals surface area contributed by atoms with Gasteiger partial charge in [-0.25, -0.2) is 4.98 Å². The summed E-state index contributed by atoms with van der Waals surface area (Å²) in [5.41, 5.74) is 7.26. The number of hydrogen-bond acceptors (Lipinski definition) is 6. The van der Waals surface area contributed by atoms with Crippen LogP contribution in [0.15, 0.2) is 30.5 Å². The van der Waals surface area contributed by atoms with Gasteiger partial charge in [0.05, 0.1) is 21.9 Å². The van der Waals surface area contributed by atoms with Crippen molar-refractivity contribution in [2.75, 3.05) is 18.8 Å². The molecule has 0 radical (unpaired) electrons. The highest BCUT2D eigenvalue weighted by atomic mass is 19.1. The van der Waals surface area contributed by atoms with Crippen molar-refractivity contribution in [3.63, 3.8) is 0 Å². The first-order chi connectivity index (χ1) is 12.6. The van der Waals surface area contributed by atoms with E-state index in [4.69, 9.17) is 10.8 Å². The van der Waals surface area contributed by atoms with E-state index < -0.39 is 16.4 Å². The Hall–Kier alpha value is -3.07. The van der Waals surface area contributed by atoms with Gasteiger partial charge in [-0.15, -0.1) is 0 Å². The number of aromatic nitrogens is 3. The highest BCUT2D eigenvalue weighted by molar-refractivity contribution is 6.00. The number of nitrogen functional groups attached to an aromatic ring is 1. The Bertz CT molecular complexity index is 996. The molecule has 1 aliphatic heterocycles. The van der Waals surface area contributed by atoms with E-state index in [0.717, 1.165) is 43.6 Å². The van der Waals surface area contributed by atoms with Crippen LogP contribution in [0.25, 0.3) is 22.2 Å². The van der Waals surface area contributed by atoms with Crippen LogP contribution < -0.4 is 11.1 Å².